The summed E-state index contributed by atoms with van der Waals surface area (Å²) >= 11 is 6.11. The summed E-state index contributed by atoms with van der Waals surface area (Å²) in [5.41, 5.74) is 7.60. The molecule has 1 atom stereocenters. The average Bonchev–Trinajstić information content (AvgIpc) is 3.14. The first-order valence-electron chi connectivity index (χ1n) is 8.99. The fourth-order valence-corrected chi connectivity index (χ4v) is 3.54. The van der Waals surface area contributed by atoms with Crippen LogP contribution in [0.15, 0.2) is 46.9 Å². The van der Waals surface area contributed by atoms with Crippen molar-refractivity contribution in [2.75, 3.05) is 31.1 Å². The summed E-state index contributed by atoms with van der Waals surface area (Å²) in [7, 11) is 0. The lowest BCUT2D eigenvalue weighted by Gasteiger charge is -2.29. The molecule has 0 aliphatic carbocycles. The van der Waals surface area contributed by atoms with Crippen molar-refractivity contribution in [3.05, 3.63) is 59.0 Å². The number of aromatic nitrogens is 1. The third-order valence-electron chi connectivity index (χ3n) is 4.72. The third-order valence-corrected chi connectivity index (χ3v) is 5.04. The maximum Gasteiger partial charge on any atom is 0.231 e. The Bertz CT molecular complexity index is 949. The Kier molecular flexibility index (Phi) is 5.32. The van der Waals surface area contributed by atoms with E-state index in [0.29, 0.717) is 5.56 Å². The van der Waals surface area contributed by atoms with Crippen LogP contribution in [0.5, 0.6) is 0 Å². The molecule has 0 spiro atoms. The van der Waals surface area contributed by atoms with Gasteiger partial charge in [-0.15, -0.1) is 0 Å². The van der Waals surface area contributed by atoms with E-state index in [-0.39, 0.29) is 27.9 Å². The molecule has 0 radical (unpaired) electrons. The van der Waals surface area contributed by atoms with Crippen molar-refractivity contribution in [2.45, 2.75) is 6.23 Å². The summed E-state index contributed by atoms with van der Waals surface area (Å²) < 4.78 is 20.0. The Morgan fingerprint density at radius 3 is 2.54 bits per heavy atom. The van der Waals surface area contributed by atoms with Crippen molar-refractivity contribution in [3.8, 4) is 22.8 Å². The SMILES string of the molecule is NC(O)c1nc(-c2c(F)cccc2Cl)oc1-c1ccc(N2CCNCC2)cc1. The molecule has 4 N–H and O–H groups in total. The molecule has 4 rings (SSSR count). The Balaban J connectivity index is 1.72. The van der Waals surface area contributed by atoms with Gasteiger partial charge < -0.3 is 25.5 Å². The number of benzene rings is 2. The Morgan fingerprint density at radius 2 is 1.89 bits per heavy atom. The molecule has 1 unspecified atom stereocenters. The Morgan fingerprint density at radius 1 is 1.18 bits per heavy atom. The van der Waals surface area contributed by atoms with Gasteiger partial charge in [0.05, 0.1) is 10.6 Å². The molecule has 1 saturated heterocycles. The Labute approximate surface area is 166 Å². The van der Waals surface area contributed by atoms with Crippen LogP contribution >= 0.6 is 11.6 Å². The quantitative estimate of drug-likeness (QED) is 0.581. The monoisotopic (exact) mass is 402 g/mol. The maximum atomic E-state index is 14.3. The molecule has 3 aromatic rings. The number of nitrogens with zero attached hydrogens (tertiary/aromatic N) is 2. The zero-order chi connectivity index (χ0) is 19.7. The van der Waals surface area contributed by atoms with E-state index < -0.39 is 12.0 Å². The highest BCUT2D eigenvalue weighted by Gasteiger charge is 2.23. The summed E-state index contributed by atoms with van der Waals surface area (Å²) in [6.07, 6.45) is -1.37. The molecule has 0 saturated carbocycles. The first kappa shape index (κ1) is 18.9. The zero-order valence-electron chi connectivity index (χ0n) is 15.0. The number of oxazole rings is 1. The van der Waals surface area contributed by atoms with E-state index in [1.165, 1.54) is 12.1 Å². The molecule has 2 heterocycles. The molecule has 2 aromatic carbocycles. The van der Waals surface area contributed by atoms with Crippen LogP contribution < -0.4 is 16.0 Å². The zero-order valence-corrected chi connectivity index (χ0v) is 15.8. The standard InChI is InChI=1S/C20H20ClFN4O2/c21-14-2-1-3-15(22)16(14)20-25-17(19(23)27)18(28-20)12-4-6-13(7-5-12)26-10-8-24-9-11-26/h1-7,19,24,27H,8-11,23H2. The molecule has 1 aromatic heterocycles. The van der Waals surface area contributed by atoms with Crippen LogP contribution in [0.2, 0.25) is 5.02 Å². The van der Waals surface area contributed by atoms with Crippen LogP contribution in [0.25, 0.3) is 22.8 Å². The fraction of sp³-hybridized carbons (Fsp3) is 0.250. The number of aliphatic hydroxyl groups is 1. The first-order valence-corrected chi connectivity index (χ1v) is 9.37. The predicted molar refractivity (Wildman–Crippen MR) is 107 cm³/mol. The van der Waals surface area contributed by atoms with Gasteiger partial charge >= 0.3 is 0 Å². The number of halogens is 2. The Hall–Kier alpha value is -2.45. The summed E-state index contributed by atoms with van der Waals surface area (Å²) in [6.45, 7) is 3.76. The molecule has 1 aliphatic rings. The van der Waals surface area contributed by atoms with Crippen LogP contribution in [0.4, 0.5) is 10.1 Å². The number of nitrogens with one attached hydrogen (secondary N) is 1. The lowest BCUT2D eigenvalue weighted by molar-refractivity contribution is 0.182. The van der Waals surface area contributed by atoms with E-state index in [0.717, 1.165) is 31.9 Å². The summed E-state index contributed by atoms with van der Waals surface area (Å²) in [5, 5.41) is 13.4. The lowest BCUT2D eigenvalue weighted by Crippen LogP contribution is -2.43. The highest BCUT2D eigenvalue weighted by molar-refractivity contribution is 6.33. The number of aliphatic hydroxyl groups excluding tert-OH is 1. The fourth-order valence-electron chi connectivity index (χ4n) is 3.29. The smallest absolute Gasteiger partial charge is 0.231 e. The minimum atomic E-state index is -1.37. The van der Waals surface area contributed by atoms with Gasteiger partial charge in [-0.25, -0.2) is 9.37 Å². The van der Waals surface area contributed by atoms with E-state index in [1.54, 1.807) is 6.07 Å². The summed E-state index contributed by atoms with van der Waals surface area (Å²) in [5.74, 6) is -0.299. The van der Waals surface area contributed by atoms with E-state index in [9.17, 15) is 9.50 Å². The molecular weight excluding hydrogens is 383 g/mol. The van der Waals surface area contributed by atoms with Crippen LogP contribution in [0, 0.1) is 5.82 Å². The molecule has 1 fully saturated rings. The normalized spacial score (nSPS) is 15.6. The van der Waals surface area contributed by atoms with Crippen molar-refractivity contribution in [1.82, 2.24) is 10.3 Å². The van der Waals surface area contributed by atoms with Gasteiger partial charge in [0.15, 0.2) is 5.76 Å². The van der Waals surface area contributed by atoms with E-state index in [2.05, 4.69) is 15.2 Å². The number of rotatable bonds is 4. The second kappa shape index (κ2) is 7.89. The molecule has 8 heteroatoms. The molecule has 0 bridgehead atoms. The van der Waals surface area contributed by atoms with Gasteiger partial charge in [0.25, 0.3) is 0 Å². The van der Waals surface area contributed by atoms with E-state index in [1.807, 2.05) is 24.3 Å². The van der Waals surface area contributed by atoms with Crippen molar-refractivity contribution in [2.24, 2.45) is 5.73 Å². The second-order valence-corrected chi connectivity index (χ2v) is 6.97. The van der Waals surface area contributed by atoms with Crippen molar-refractivity contribution < 1.29 is 13.9 Å². The van der Waals surface area contributed by atoms with Gasteiger partial charge in [0.2, 0.25) is 5.89 Å². The number of hydrogen-bond acceptors (Lipinski definition) is 6. The predicted octanol–water partition coefficient (Wildman–Crippen LogP) is 3.16. The number of piperazine rings is 1. The van der Waals surface area contributed by atoms with Gasteiger partial charge in [0, 0.05) is 37.4 Å². The van der Waals surface area contributed by atoms with Gasteiger partial charge in [-0.3, -0.25) is 0 Å². The van der Waals surface area contributed by atoms with Crippen LogP contribution in [-0.4, -0.2) is 36.3 Å². The minimum absolute atomic E-state index is 0.0243. The van der Waals surface area contributed by atoms with Crippen molar-refractivity contribution in [1.29, 1.82) is 0 Å². The van der Waals surface area contributed by atoms with E-state index >= 15 is 0 Å². The average molecular weight is 403 g/mol. The molecule has 146 valence electrons. The van der Waals surface area contributed by atoms with Gasteiger partial charge in [-0.05, 0) is 36.4 Å². The molecular formula is C20H20ClFN4O2. The summed E-state index contributed by atoms with van der Waals surface area (Å²) in [4.78, 5) is 6.49. The molecule has 1 aliphatic heterocycles. The largest absolute Gasteiger partial charge is 0.435 e. The summed E-state index contributed by atoms with van der Waals surface area (Å²) in [6, 6.07) is 12.0. The topological polar surface area (TPSA) is 87.5 Å². The minimum Gasteiger partial charge on any atom is -0.435 e. The number of anilines is 1. The van der Waals surface area contributed by atoms with Gasteiger partial charge in [-0.1, -0.05) is 17.7 Å². The maximum absolute atomic E-state index is 14.3. The van der Waals surface area contributed by atoms with Crippen LogP contribution in [0.1, 0.15) is 11.9 Å². The van der Waals surface area contributed by atoms with Crippen LogP contribution in [0.3, 0.4) is 0 Å². The van der Waals surface area contributed by atoms with Crippen LogP contribution in [-0.2, 0) is 0 Å². The number of hydrogen-bond donors (Lipinski definition) is 3. The van der Waals surface area contributed by atoms with Crippen molar-refractivity contribution >= 4 is 17.3 Å². The number of nitrogens with two attached hydrogens (primary N) is 1. The molecule has 6 nitrogen and oxygen atoms in total. The van der Waals surface area contributed by atoms with Gasteiger partial charge in [-0.2, -0.15) is 0 Å². The third kappa shape index (κ3) is 3.62. The second-order valence-electron chi connectivity index (χ2n) is 6.56. The van der Waals surface area contributed by atoms with Gasteiger partial charge in [0.1, 0.15) is 17.7 Å². The highest BCUT2D eigenvalue weighted by atomic mass is 35.5. The lowest BCUT2D eigenvalue weighted by atomic mass is 10.1. The van der Waals surface area contributed by atoms with Crippen molar-refractivity contribution in [3.63, 3.8) is 0 Å². The molecule has 28 heavy (non-hydrogen) atoms. The van der Waals surface area contributed by atoms with E-state index in [4.69, 9.17) is 21.8 Å². The first-order chi connectivity index (χ1) is 13.5. The molecule has 0 amide bonds. The highest BCUT2D eigenvalue weighted by Crippen LogP contribution is 2.36.